The van der Waals surface area contributed by atoms with E-state index in [1.807, 2.05) is 51.1 Å². The highest BCUT2D eigenvalue weighted by molar-refractivity contribution is 6.43. The largest absolute Gasteiger partial charge is 0.464 e. The van der Waals surface area contributed by atoms with Crippen molar-refractivity contribution < 1.29 is 9.53 Å². The smallest absolute Gasteiger partial charge is 0.359 e. The molecule has 0 unspecified atom stereocenters. The summed E-state index contributed by atoms with van der Waals surface area (Å²) < 4.78 is 4.72. The molecule has 17 heavy (non-hydrogen) atoms. The SMILES string of the molecule is COC(=O)C(=NNC(C)(C)C)c1ccccc1. The standard InChI is InChI=1S/C13H18N2O2/c1-13(2,3)15-14-11(12(16)17-4)10-8-6-5-7-9-10/h5-9,15H,1-4H3. The zero-order chi connectivity index (χ0) is 12.9. The van der Waals surface area contributed by atoms with E-state index < -0.39 is 5.97 Å². The third-order valence-corrected chi connectivity index (χ3v) is 1.93. The number of hydrogen-bond acceptors (Lipinski definition) is 4. The van der Waals surface area contributed by atoms with Gasteiger partial charge < -0.3 is 10.2 Å². The van der Waals surface area contributed by atoms with Crippen LogP contribution < -0.4 is 5.43 Å². The van der Waals surface area contributed by atoms with E-state index in [0.29, 0.717) is 0 Å². The number of esters is 1. The second-order valence-corrected chi connectivity index (χ2v) is 4.68. The maximum atomic E-state index is 11.6. The third kappa shape index (κ3) is 4.26. The van der Waals surface area contributed by atoms with Crippen molar-refractivity contribution in [2.45, 2.75) is 26.3 Å². The molecule has 0 heterocycles. The van der Waals surface area contributed by atoms with Crippen LogP contribution in [0.15, 0.2) is 35.4 Å². The Morgan fingerprint density at radius 2 is 1.82 bits per heavy atom. The Hall–Kier alpha value is -1.84. The van der Waals surface area contributed by atoms with Crippen molar-refractivity contribution in [3.8, 4) is 0 Å². The van der Waals surface area contributed by atoms with Crippen molar-refractivity contribution >= 4 is 11.7 Å². The molecule has 0 saturated carbocycles. The lowest BCUT2D eigenvalue weighted by molar-refractivity contribution is -0.132. The average molecular weight is 234 g/mol. The molecule has 1 aromatic carbocycles. The number of ether oxygens (including phenoxy) is 1. The monoisotopic (exact) mass is 234 g/mol. The lowest BCUT2D eigenvalue weighted by atomic mass is 10.1. The van der Waals surface area contributed by atoms with Gasteiger partial charge in [0.05, 0.1) is 7.11 Å². The summed E-state index contributed by atoms with van der Waals surface area (Å²) in [5.74, 6) is -0.451. The number of hydrogen-bond donors (Lipinski definition) is 1. The van der Waals surface area contributed by atoms with Crippen LogP contribution in [0, 0.1) is 0 Å². The van der Waals surface area contributed by atoms with Crippen molar-refractivity contribution in [2.75, 3.05) is 7.11 Å². The lowest BCUT2D eigenvalue weighted by Crippen LogP contribution is -2.34. The summed E-state index contributed by atoms with van der Waals surface area (Å²) in [6, 6.07) is 9.23. The van der Waals surface area contributed by atoms with Gasteiger partial charge in [-0.2, -0.15) is 5.10 Å². The van der Waals surface area contributed by atoms with Gasteiger partial charge in [-0.3, -0.25) is 0 Å². The van der Waals surface area contributed by atoms with E-state index in [-0.39, 0.29) is 11.3 Å². The maximum absolute atomic E-state index is 11.6. The normalized spacial score (nSPS) is 12.1. The average Bonchev–Trinajstić information content (AvgIpc) is 2.29. The van der Waals surface area contributed by atoms with Gasteiger partial charge >= 0.3 is 5.97 Å². The fourth-order valence-electron chi connectivity index (χ4n) is 1.14. The molecule has 0 aliphatic heterocycles. The zero-order valence-corrected chi connectivity index (χ0v) is 10.7. The second-order valence-electron chi connectivity index (χ2n) is 4.68. The van der Waals surface area contributed by atoms with Crippen LogP contribution in [0.2, 0.25) is 0 Å². The first-order valence-corrected chi connectivity index (χ1v) is 5.42. The van der Waals surface area contributed by atoms with Crippen LogP contribution in [0.25, 0.3) is 0 Å². The van der Waals surface area contributed by atoms with E-state index in [4.69, 9.17) is 4.74 Å². The molecule has 1 N–H and O–H groups in total. The van der Waals surface area contributed by atoms with Crippen LogP contribution in [-0.4, -0.2) is 24.3 Å². The molecule has 0 spiro atoms. The molecule has 0 aliphatic rings. The molecule has 0 amide bonds. The number of carbonyl (C=O) groups is 1. The molecule has 0 saturated heterocycles. The number of methoxy groups -OCH3 is 1. The van der Waals surface area contributed by atoms with E-state index in [9.17, 15) is 4.79 Å². The first kappa shape index (κ1) is 13.2. The number of rotatable bonds is 3. The first-order chi connectivity index (χ1) is 7.94. The van der Waals surface area contributed by atoms with Crippen LogP contribution in [0.4, 0.5) is 0 Å². The molecule has 1 rings (SSSR count). The summed E-state index contributed by atoms with van der Waals surface area (Å²) in [5.41, 5.74) is 3.74. The summed E-state index contributed by atoms with van der Waals surface area (Å²) in [6.07, 6.45) is 0. The Balaban J connectivity index is 3.01. The molecule has 4 nitrogen and oxygen atoms in total. The fourth-order valence-corrected chi connectivity index (χ4v) is 1.14. The van der Waals surface area contributed by atoms with Crippen molar-refractivity contribution in [3.05, 3.63) is 35.9 Å². The van der Waals surface area contributed by atoms with Gasteiger partial charge in [0.15, 0.2) is 5.71 Å². The Morgan fingerprint density at radius 3 is 2.29 bits per heavy atom. The second kappa shape index (κ2) is 5.48. The highest BCUT2D eigenvalue weighted by atomic mass is 16.5. The molecule has 0 aromatic heterocycles. The molecule has 1 aromatic rings. The van der Waals surface area contributed by atoms with Gasteiger partial charge in [0.1, 0.15) is 0 Å². The minimum Gasteiger partial charge on any atom is -0.464 e. The Kier molecular flexibility index (Phi) is 4.26. The van der Waals surface area contributed by atoms with E-state index in [0.717, 1.165) is 5.56 Å². The predicted molar refractivity (Wildman–Crippen MR) is 67.9 cm³/mol. The van der Waals surface area contributed by atoms with Crippen molar-refractivity contribution in [2.24, 2.45) is 5.10 Å². The fraction of sp³-hybridized carbons (Fsp3) is 0.385. The van der Waals surface area contributed by atoms with E-state index >= 15 is 0 Å². The molecule has 0 atom stereocenters. The van der Waals surface area contributed by atoms with Gasteiger partial charge in [-0.15, -0.1) is 0 Å². The van der Waals surface area contributed by atoms with Crippen molar-refractivity contribution in [1.29, 1.82) is 0 Å². The van der Waals surface area contributed by atoms with Crippen LogP contribution in [0.1, 0.15) is 26.3 Å². The topological polar surface area (TPSA) is 50.7 Å². The van der Waals surface area contributed by atoms with Crippen LogP contribution >= 0.6 is 0 Å². The van der Waals surface area contributed by atoms with Crippen LogP contribution in [0.5, 0.6) is 0 Å². The Bertz CT molecular complexity index is 405. The molecular weight excluding hydrogens is 216 g/mol. The molecule has 0 bridgehead atoms. The minimum atomic E-state index is -0.451. The van der Waals surface area contributed by atoms with Gasteiger partial charge in [0.25, 0.3) is 0 Å². The van der Waals surface area contributed by atoms with Crippen LogP contribution in [-0.2, 0) is 9.53 Å². The molecule has 0 aliphatic carbocycles. The van der Waals surface area contributed by atoms with Gasteiger partial charge in [0.2, 0.25) is 0 Å². The van der Waals surface area contributed by atoms with E-state index in [2.05, 4.69) is 10.5 Å². The number of nitrogens with one attached hydrogen (secondary N) is 1. The van der Waals surface area contributed by atoms with E-state index in [1.165, 1.54) is 7.11 Å². The molecular formula is C13H18N2O2. The highest BCUT2D eigenvalue weighted by Gasteiger charge is 2.16. The summed E-state index contributed by atoms with van der Waals surface area (Å²) >= 11 is 0. The third-order valence-electron chi connectivity index (χ3n) is 1.93. The Labute approximate surface area is 102 Å². The summed E-state index contributed by atoms with van der Waals surface area (Å²) in [4.78, 5) is 11.6. The van der Waals surface area contributed by atoms with Crippen molar-refractivity contribution in [3.63, 3.8) is 0 Å². The van der Waals surface area contributed by atoms with Gasteiger partial charge in [-0.25, -0.2) is 4.79 Å². The zero-order valence-electron chi connectivity index (χ0n) is 10.7. The lowest BCUT2D eigenvalue weighted by Gasteiger charge is -2.18. The molecule has 4 heteroatoms. The number of benzene rings is 1. The summed E-state index contributed by atoms with van der Waals surface area (Å²) in [5, 5.41) is 4.13. The van der Waals surface area contributed by atoms with E-state index in [1.54, 1.807) is 0 Å². The number of hydrazone groups is 1. The van der Waals surface area contributed by atoms with Gasteiger partial charge in [-0.1, -0.05) is 30.3 Å². The first-order valence-electron chi connectivity index (χ1n) is 5.42. The Morgan fingerprint density at radius 1 is 1.24 bits per heavy atom. The predicted octanol–water partition coefficient (Wildman–Crippen LogP) is 1.95. The summed E-state index contributed by atoms with van der Waals surface area (Å²) in [6.45, 7) is 5.91. The van der Waals surface area contributed by atoms with Gasteiger partial charge in [0, 0.05) is 11.1 Å². The minimum absolute atomic E-state index is 0.200. The maximum Gasteiger partial charge on any atom is 0.359 e. The molecule has 0 fully saturated rings. The molecule has 92 valence electrons. The molecule has 0 radical (unpaired) electrons. The van der Waals surface area contributed by atoms with Crippen LogP contribution in [0.3, 0.4) is 0 Å². The highest BCUT2D eigenvalue weighted by Crippen LogP contribution is 2.04. The van der Waals surface area contributed by atoms with Crippen molar-refractivity contribution in [1.82, 2.24) is 5.43 Å². The quantitative estimate of drug-likeness (QED) is 0.494. The summed E-state index contributed by atoms with van der Waals surface area (Å²) in [7, 11) is 1.35. The number of nitrogens with zero attached hydrogens (tertiary/aromatic N) is 1. The number of carbonyl (C=O) groups excluding carboxylic acids is 1. The van der Waals surface area contributed by atoms with Gasteiger partial charge in [-0.05, 0) is 20.8 Å².